The monoisotopic (exact) mass is 422 g/mol. The van der Waals surface area contributed by atoms with Gasteiger partial charge in [-0.25, -0.2) is 4.98 Å². The van der Waals surface area contributed by atoms with E-state index in [4.69, 9.17) is 21.3 Å². The van der Waals surface area contributed by atoms with Gasteiger partial charge in [-0.15, -0.1) is 0 Å². The van der Waals surface area contributed by atoms with E-state index in [1.807, 2.05) is 54.6 Å². The van der Waals surface area contributed by atoms with E-state index < -0.39 is 5.25 Å². The number of hydrogen-bond acceptors (Lipinski definition) is 5. The standard InChI is InChI=1S/C23H19ClN2O2S/c1-3-28-23(27)15(2)29-22-19(14-25)18(16-9-5-4-6-10-16)13-21(26-22)17-11-7-8-12-20(17)24/h4-13,15H,3H2,1-2H3/t15-/m1/s1. The van der Waals surface area contributed by atoms with E-state index in [0.717, 1.165) is 16.7 Å². The molecule has 0 fully saturated rings. The number of carbonyl (C=O) groups excluding carboxylic acids is 1. The largest absolute Gasteiger partial charge is 0.465 e. The summed E-state index contributed by atoms with van der Waals surface area (Å²) in [5.74, 6) is -0.340. The van der Waals surface area contributed by atoms with Crippen molar-refractivity contribution in [3.8, 4) is 28.5 Å². The van der Waals surface area contributed by atoms with Crippen LogP contribution in [0.1, 0.15) is 19.4 Å². The fraction of sp³-hybridized carbons (Fsp3) is 0.174. The van der Waals surface area contributed by atoms with Crippen LogP contribution in [0.5, 0.6) is 0 Å². The molecule has 29 heavy (non-hydrogen) atoms. The molecule has 6 heteroatoms. The molecule has 4 nitrogen and oxygen atoms in total. The van der Waals surface area contributed by atoms with E-state index >= 15 is 0 Å². The van der Waals surface area contributed by atoms with Crippen LogP contribution in [-0.4, -0.2) is 22.8 Å². The van der Waals surface area contributed by atoms with Gasteiger partial charge in [-0.05, 0) is 31.5 Å². The van der Waals surface area contributed by atoms with E-state index in [1.165, 1.54) is 11.8 Å². The number of thioether (sulfide) groups is 1. The van der Waals surface area contributed by atoms with E-state index in [1.54, 1.807) is 19.9 Å². The summed E-state index contributed by atoms with van der Waals surface area (Å²) in [6, 6.07) is 21.2. The highest BCUT2D eigenvalue weighted by atomic mass is 35.5. The molecule has 3 rings (SSSR count). The van der Waals surface area contributed by atoms with Gasteiger partial charge in [-0.3, -0.25) is 4.79 Å². The number of hydrogen-bond donors (Lipinski definition) is 0. The molecule has 1 heterocycles. The van der Waals surface area contributed by atoms with Gasteiger partial charge in [0.25, 0.3) is 0 Å². The lowest BCUT2D eigenvalue weighted by Gasteiger charge is -2.15. The maximum atomic E-state index is 12.1. The number of benzene rings is 2. The molecular formula is C23H19ClN2O2S. The zero-order valence-electron chi connectivity index (χ0n) is 16.1. The second-order valence-corrected chi connectivity index (χ2v) is 7.94. The molecule has 0 aliphatic carbocycles. The maximum absolute atomic E-state index is 12.1. The third-order valence-electron chi connectivity index (χ3n) is 4.24. The van der Waals surface area contributed by atoms with Gasteiger partial charge in [0.05, 0.1) is 17.9 Å². The molecule has 2 aromatic carbocycles. The summed E-state index contributed by atoms with van der Waals surface area (Å²) in [6.45, 7) is 3.81. The fourth-order valence-corrected chi connectivity index (χ4v) is 4.00. The van der Waals surface area contributed by atoms with Crippen molar-refractivity contribution in [1.29, 1.82) is 5.26 Å². The van der Waals surface area contributed by atoms with Gasteiger partial charge in [0, 0.05) is 16.1 Å². The minimum atomic E-state index is -0.500. The van der Waals surface area contributed by atoms with Gasteiger partial charge < -0.3 is 4.74 Å². The van der Waals surface area contributed by atoms with Crippen molar-refractivity contribution in [2.45, 2.75) is 24.1 Å². The second-order valence-electron chi connectivity index (χ2n) is 6.21. The Morgan fingerprint density at radius 2 is 1.86 bits per heavy atom. The topological polar surface area (TPSA) is 63.0 Å². The first-order valence-electron chi connectivity index (χ1n) is 9.14. The molecule has 0 radical (unpaired) electrons. The van der Waals surface area contributed by atoms with Crippen LogP contribution >= 0.6 is 23.4 Å². The van der Waals surface area contributed by atoms with Gasteiger partial charge >= 0.3 is 5.97 Å². The van der Waals surface area contributed by atoms with Crippen LogP contribution in [0.15, 0.2) is 65.7 Å². The fourth-order valence-electron chi connectivity index (χ4n) is 2.84. The van der Waals surface area contributed by atoms with Gasteiger partial charge in [0.15, 0.2) is 0 Å². The van der Waals surface area contributed by atoms with Crippen LogP contribution in [0.25, 0.3) is 22.4 Å². The summed E-state index contributed by atoms with van der Waals surface area (Å²) >= 11 is 7.61. The number of halogens is 1. The Morgan fingerprint density at radius 3 is 2.52 bits per heavy atom. The van der Waals surface area contributed by atoms with Crippen molar-refractivity contribution in [3.63, 3.8) is 0 Å². The molecule has 0 aliphatic heterocycles. The first-order valence-corrected chi connectivity index (χ1v) is 10.4. The predicted molar refractivity (Wildman–Crippen MR) is 117 cm³/mol. The summed E-state index contributed by atoms with van der Waals surface area (Å²) in [4.78, 5) is 16.8. The van der Waals surface area contributed by atoms with Crippen LogP contribution in [0, 0.1) is 11.3 Å². The van der Waals surface area contributed by atoms with E-state index in [2.05, 4.69) is 6.07 Å². The van der Waals surface area contributed by atoms with E-state index in [0.29, 0.717) is 27.9 Å². The van der Waals surface area contributed by atoms with Crippen LogP contribution in [0.2, 0.25) is 5.02 Å². The quantitative estimate of drug-likeness (QED) is 0.361. The summed E-state index contributed by atoms with van der Waals surface area (Å²) in [7, 11) is 0. The second kappa shape index (κ2) is 9.60. The van der Waals surface area contributed by atoms with Gasteiger partial charge in [-0.2, -0.15) is 5.26 Å². The summed E-state index contributed by atoms with van der Waals surface area (Å²) < 4.78 is 5.11. The van der Waals surface area contributed by atoms with Crippen molar-refractivity contribution in [3.05, 3.63) is 71.2 Å². The number of nitriles is 1. The molecule has 0 saturated heterocycles. The molecule has 0 amide bonds. The van der Waals surface area contributed by atoms with Crippen LogP contribution in [0.3, 0.4) is 0 Å². The molecule has 146 valence electrons. The maximum Gasteiger partial charge on any atom is 0.319 e. The summed E-state index contributed by atoms with van der Waals surface area (Å²) in [6.07, 6.45) is 0. The van der Waals surface area contributed by atoms with Gasteiger partial charge in [0.1, 0.15) is 16.3 Å². The molecule has 1 aromatic heterocycles. The smallest absolute Gasteiger partial charge is 0.319 e. The van der Waals surface area contributed by atoms with Crippen LogP contribution in [-0.2, 0) is 9.53 Å². The minimum Gasteiger partial charge on any atom is -0.465 e. The number of esters is 1. The lowest BCUT2D eigenvalue weighted by molar-refractivity contribution is -0.142. The van der Waals surface area contributed by atoms with Gasteiger partial charge in [0.2, 0.25) is 0 Å². The molecule has 0 saturated carbocycles. The number of rotatable bonds is 6. The van der Waals surface area contributed by atoms with Crippen LogP contribution in [0.4, 0.5) is 0 Å². The molecular weight excluding hydrogens is 404 g/mol. The number of nitrogens with zero attached hydrogens (tertiary/aromatic N) is 2. The summed E-state index contributed by atoms with van der Waals surface area (Å²) in [5, 5.41) is 10.4. The highest BCUT2D eigenvalue weighted by Crippen LogP contribution is 2.37. The molecule has 1 atom stereocenters. The molecule has 0 bridgehead atoms. The SMILES string of the molecule is CCOC(=O)[C@@H](C)Sc1nc(-c2ccccc2Cl)cc(-c2ccccc2)c1C#N. The lowest BCUT2D eigenvalue weighted by atomic mass is 9.99. The average molecular weight is 423 g/mol. The number of pyridine rings is 1. The Morgan fingerprint density at radius 1 is 1.17 bits per heavy atom. The van der Waals surface area contributed by atoms with Crippen molar-refractivity contribution in [2.24, 2.45) is 0 Å². The average Bonchev–Trinajstić information content (AvgIpc) is 2.74. The first kappa shape index (κ1) is 20.9. The molecule has 3 aromatic rings. The number of aromatic nitrogens is 1. The Labute approximate surface area is 179 Å². The van der Waals surface area contributed by atoms with E-state index in [9.17, 15) is 10.1 Å². The normalized spacial score (nSPS) is 11.5. The van der Waals surface area contributed by atoms with E-state index in [-0.39, 0.29) is 5.97 Å². The predicted octanol–water partition coefficient (Wildman–Crippen LogP) is 5.98. The molecule has 0 N–H and O–H groups in total. The third kappa shape index (κ3) is 4.79. The van der Waals surface area contributed by atoms with Crippen molar-refractivity contribution in [2.75, 3.05) is 6.61 Å². The first-order chi connectivity index (χ1) is 14.0. The van der Waals surface area contributed by atoms with Crippen LogP contribution < -0.4 is 0 Å². The third-order valence-corrected chi connectivity index (χ3v) is 5.63. The summed E-state index contributed by atoms with van der Waals surface area (Å²) in [5.41, 5.74) is 3.48. The molecule has 0 unspecified atom stereocenters. The Hall–Kier alpha value is -2.81. The number of carbonyl (C=O) groups is 1. The zero-order chi connectivity index (χ0) is 20.8. The highest BCUT2D eigenvalue weighted by Gasteiger charge is 2.22. The van der Waals surface area contributed by atoms with Crippen molar-refractivity contribution in [1.82, 2.24) is 4.98 Å². The molecule has 0 spiro atoms. The van der Waals surface area contributed by atoms with Crippen molar-refractivity contribution >= 4 is 29.3 Å². The molecule has 0 aliphatic rings. The Balaban J connectivity index is 2.18. The number of ether oxygens (including phenoxy) is 1. The minimum absolute atomic E-state index is 0.303. The Bertz CT molecular complexity index is 1060. The van der Waals surface area contributed by atoms with Crippen molar-refractivity contribution < 1.29 is 9.53 Å². The zero-order valence-corrected chi connectivity index (χ0v) is 17.6. The van der Waals surface area contributed by atoms with Gasteiger partial charge in [-0.1, -0.05) is 71.9 Å². The lowest BCUT2D eigenvalue weighted by Crippen LogP contribution is -2.17. The Kier molecular flexibility index (Phi) is 6.92. The highest BCUT2D eigenvalue weighted by molar-refractivity contribution is 8.00.